The minimum atomic E-state index is -0.406. The summed E-state index contributed by atoms with van der Waals surface area (Å²) in [5, 5.41) is 2.91. The number of nitrogens with zero attached hydrogens (tertiary/aromatic N) is 2. The van der Waals surface area contributed by atoms with Crippen molar-refractivity contribution in [3.05, 3.63) is 30.1 Å². The van der Waals surface area contributed by atoms with Crippen molar-refractivity contribution < 1.29 is 19.1 Å². The number of hydrogen-bond donors (Lipinski definition) is 1. The largest absolute Gasteiger partial charge is 0.469 e. The molecule has 1 N–H and O–H groups in total. The summed E-state index contributed by atoms with van der Waals surface area (Å²) in [5.41, 5.74) is 0.870. The van der Waals surface area contributed by atoms with E-state index in [-0.39, 0.29) is 30.2 Å². The SMILES string of the molecule is COC(=O)CCCCCNC(=O)[C@@H]1CC(=O)N(C)[C@@H]1c1cccnc1. The van der Waals surface area contributed by atoms with Crippen molar-refractivity contribution in [1.82, 2.24) is 15.2 Å². The number of carbonyl (C=O) groups is 3. The normalized spacial score (nSPS) is 19.8. The molecule has 2 amide bonds. The Morgan fingerprint density at radius 2 is 2.16 bits per heavy atom. The van der Waals surface area contributed by atoms with E-state index in [0.29, 0.717) is 13.0 Å². The van der Waals surface area contributed by atoms with Gasteiger partial charge in [-0.15, -0.1) is 0 Å². The highest BCUT2D eigenvalue weighted by Crippen LogP contribution is 2.36. The van der Waals surface area contributed by atoms with Gasteiger partial charge in [0.1, 0.15) is 0 Å². The Kier molecular flexibility index (Phi) is 6.91. The lowest BCUT2D eigenvalue weighted by atomic mass is 9.94. The van der Waals surface area contributed by atoms with Gasteiger partial charge in [0.25, 0.3) is 0 Å². The quantitative estimate of drug-likeness (QED) is 0.568. The van der Waals surface area contributed by atoms with Gasteiger partial charge in [-0.1, -0.05) is 12.5 Å². The fraction of sp³-hybridized carbons (Fsp3) is 0.556. The molecule has 0 spiro atoms. The number of esters is 1. The highest BCUT2D eigenvalue weighted by Gasteiger charge is 2.42. The van der Waals surface area contributed by atoms with Crippen LogP contribution in [0.5, 0.6) is 0 Å². The number of pyridine rings is 1. The maximum absolute atomic E-state index is 12.5. The molecule has 7 nitrogen and oxygen atoms in total. The fourth-order valence-electron chi connectivity index (χ4n) is 3.13. The molecule has 2 heterocycles. The minimum absolute atomic E-state index is 0.0351. The van der Waals surface area contributed by atoms with Crippen LogP contribution in [0.3, 0.4) is 0 Å². The van der Waals surface area contributed by atoms with Crippen molar-refractivity contribution in [3.63, 3.8) is 0 Å². The molecule has 1 aromatic heterocycles. The molecule has 1 fully saturated rings. The molecule has 0 saturated carbocycles. The smallest absolute Gasteiger partial charge is 0.305 e. The average molecular weight is 347 g/mol. The van der Waals surface area contributed by atoms with Crippen LogP contribution in [0.15, 0.2) is 24.5 Å². The number of nitrogens with one attached hydrogen (secondary N) is 1. The van der Waals surface area contributed by atoms with Crippen molar-refractivity contribution in [2.24, 2.45) is 5.92 Å². The van der Waals surface area contributed by atoms with Gasteiger partial charge >= 0.3 is 5.97 Å². The number of rotatable bonds is 8. The molecule has 0 aliphatic carbocycles. The summed E-state index contributed by atoms with van der Waals surface area (Å²) in [6.07, 6.45) is 6.35. The Morgan fingerprint density at radius 3 is 2.84 bits per heavy atom. The van der Waals surface area contributed by atoms with E-state index in [9.17, 15) is 14.4 Å². The van der Waals surface area contributed by atoms with Gasteiger partial charge in [0.15, 0.2) is 0 Å². The van der Waals surface area contributed by atoms with Crippen LogP contribution in [0.4, 0.5) is 0 Å². The average Bonchev–Trinajstić information content (AvgIpc) is 2.93. The van der Waals surface area contributed by atoms with Crippen LogP contribution in [0, 0.1) is 5.92 Å². The number of aromatic nitrogens is 1. The Bertz CT molecular complexity index is 606. The highest BCUT2D eigenvalue weighted by molar-refractivity contribution is 5.90. The summed E-state index contributed by atoms with van der Waals surface area (Å²) in [4.78, 5) is 41.3. The maximum atomic E-state index is 12.5. The zero-order valence-corrected chi connectivity index (χ0v) is 14.7. The third-order valence-corrected chi connectivity index (χ3v) is 4.53. The lowest BCUT2D eigenvalue weighted by molar-refractivity contribution is -0.140. The molecule has 25 heavy (non-hydrogen) atoms. The first kappa shape index (κ1) is 18.9. The van der Waals surface area contributed by atoms with Crippen LogP contribution in [0.25, 0.3) is 0 Å². The van der Waals surface area contributed by atoms with Gasteiger partial charge in [-0.2, -0.15) is 0 Å². The number of methoxy groups -OCH3 is 1. The molecule has 0 radical (unpaired) electrons. The van der Waals surface area contributed by atoms with Crippen LogP contribution >= 0.6 is 0 Å². The summed E-state index contributed by atoms with van der Waals surface area (Å²) >= 11 is 0. The zero-order chi connectivity index (χ0) is 18.2. The summed E-state index contributed by atoms with van der Waals surface area (Å²) < 4.78 is 4.59. The van der Waals surface area contributed by atoms with Gasteiger partial charge in [0, 0.05) is 38.8 Å². The molecule has 1 aromatic rings. The van der Waals surface area contributed by atoms with Gasteiger partial charge in [-0.05, 0) is 24.5 Å². The van der Waals surface area contributed by atoms with E-state index in [1.807, 2.05) is 12.1 Å². The van der Waals surface area contributed by atoms with E-state index in [1.165, 1.54) is 7.11 Å². The second-order valence-electron chi connectivity index (χ2n) is 6.22. The van der Waals surface area contributed by atoms with Gasteiger partial charge in [-0.25, -0.2) is 0 Å². The Morgan fingerprint density at radius 1 is 1.36 bits per heavy atom. The lowest BCUT2D eigenvalue weighted by Crippen LogP contribution is -2.35. The second-order valence-corrected chi connectivity index (χ2v) is 6.22. The van der Waals surface area contributed by atoms with E-state index < -0.39 is 5.92 Å². The molecule has 0 aromatic carbocycles. The fourth-order valence-corrected chi connectivity index (χ4v) is 3.13. The Hall–Kier alpha value is -2.44. The Labute approximate surface area is 147 Å². The molecule has 2 atom stereocenters. The van der Waals surface area contributed by atoms with Gasteiger partial charge in [0.2, 0.25) is 11.8 Å². The van der Waals surface area contributed by atoms with Crippen molar-refractivity contribution in [2.75, 3.05) is 20.7 Å². The van der Waals surface area contributed by atoms with Crippen LogP contribution in [0.2, 0.25) is 0 Å². The first-order valence-corrected chi connectivity index (χ1v) is 8.54. The van der Waals surface area contributed by atoms with Crippen LogP contribution < -0.4 is 5.32 Å². The molecular formula is C18H25N3O4. The predicted octanol–water partition coefficient (Wildman–Crippen LogP) is 1.45. The maximum Gasteiger partial charge on any atom is 0.305 e. The summed E-state index contributed by atoms with van der Waals surface area (Å²) in [7, 11) is 3.10. The third kappa shape index (κ3) is 5.01. The number of amides is 2. The van der Waals surface area contributed by atoms with E-state index in [4.69, 9.17) is 0 Å². The lowest BCUT2D eigenvalue weighted by Gasteiger charge is -2.24. The third-order valence-electron chi connectivity index (χ3n) is 4.53. The molecule has 0 unspecified atom stereocenters. The number of unbranched alkanes of at least 4 members (excludes halogenated alkanes) is 2. The summed E-state index contributed by atoms with van der Waals surface area (Å²) in [6.45, 7) is 0.536. The van der Waals surface area contributed by atoms with E-state index in [2.05, 4.69) is 15.0 Å². The Balaban J connectivity index is 1.83. The molecule has 136 valence electrons. The molecule has 1 saturated heterocycles. The monoisotopic (exact) mass is 347 g/mol. The van der Waals surface area contributed by atoms with Crippen molar-refractivity contribution in [2.45, 2.75) is 38.1 Å². The molecule has 1 aliphatic rings. The van der Waals surface area contributed by atoms with Crippen LogP contribution in [-0.4, -0.2) is 48.4 Å². The van der Waals surface area contributed by atoms with Crippen LogP contribution in [0.1, 0.15) is 43.7 Å². The molecule has 7 heteroatoms. The van der Waals surface area contributed by atoms with Gasteiger partial charge < -0.3 is 15.0 Å². The van der Waals surface area contributed by atoms with Crippen molar-refractivity contribution in [1.29, 1.82) is 0 Å². The van der Waals surface area contributed by atoms with Crippen molar-refractivity contribution in [3.8, 4) is 0 Å². The highest BCUT2D eigenvalue weighted by atomic mass is 16.5. The number of likely N-dealkylation sites (tertiary alicyclic amines) is 1. The standard InChI is InChI=1S/C18H25N3O4/c1-21-15(22)11-14(17(21)13-7-6-9-19-12-13)18(24)20-10-5-3-4-8-16(23)25-2/h6-7,9,12,14,17H,3-5,8,10-11H2,1-2H3,(H,20,24)/t14-,17-/m1/s1. The van der Waals surface area contributed by atoms with E-state index in [1.54, 1.807) is 24.3 Å². The van der Waals surface area contributed by atoms with Gasteiger partial charge in [0.05, 0.1) is 19.1 Å². The first-order valence-electron chi connectivity index (χ1n) is 8.54. The second kappa shape index (κ2) is 9.15. The van der Waals surface area contributed by atoms with Gasteiger partial charge in [-0.3, -0.25) is 19.4 Å². The number of carbonyl (C=O) groups excluding carboxylic acids is 3. The van der Waals surface area contributed by atoms with Crippen molar-refractivity contribution >= 4 is 17.8 Å². The molecule has 0 bridgehead atoms. The number of hydrogen-bond acceptors (Lipinski definition) is 5. The first-order chi connectivity index (χ1) is 12.0. The molecule has 2 rings (SSSR count). The number of ether oxygens (including phenoxy) is 1. The topological polar surface area (TPSA) is 88.6 Å². The molecule has 1 aliphatic heterocycles. The summed E-state index contributed by atoms with van der Waals surface area (Å²) in [6, 6.07) is 3.42. The van der Waals surface area contributed by atoms with E-state index in [0.717, 1.165) is 24.8 Å². The predicted molar refractivity (Wildman–Crippen MR) is 91.3 cm³/mol. The minimum Gasteiger partial charge on any atom is -0.469 e. The van der Waals surface area contributed by atoms with Crippen LogP contribution in [-0.2, 0) is 19.1 Å². The summed E-state index contributed by atoms with van der Waals surface area (Å²) in [5.74, 6) is -0.765. The zero-order valence-electron chi connectivity index (χ0n) is 14.7. The van der Waals surface area contributed by atoms with E-state index >= 15 is 0 Å². The molecular weight excluding hydrogens is 322 g/mol.